The summed E-state index contributed by atoms with van der Waals surface area (Å²) in [7, 11) is 0. The van der Waals surface area contributed by atoms with Gasteiger partial charge in [0, 0.05) is 43.9 Å². The molecule has 2 N–H and O–H groups in total. The summed E-state index contributed by atoms with van der Waals surface area (Å²) in [6.45, 7) is 2.07. The first-order valence-electron chi connectivity index (χ1n) is 7.40. The number of carbonyl (C=O) groups excluding carboxylic acids is 1. The molecule has 1 aliphatic heterocycles. The number of nitrogens with zero attached hydrogens (tertiary/aromatic N) is 2. The maximum atomic E-state index is 12.1. The average molecular weight is 275 g/mol. The molecule has 1 aromatic heterocycles. The zero-order valence-electron chi connectivity index (χ0n) is 11.7. The van der Waals surface area contributed by atoms with Crippen molar-refractivity contribution in [1.82, 2.24) is 9.47 Å². The van der Waals surface area contributed by atoms with Gasteiger partial charge in [-0.05, 0) is 31.2 Å². The fourth-order valence-electron chi connectivity index (χ4n) is 3.26. The number of pyridine rings is 1. The van der Waals surface area contributed by atoms with Gasteiger partial charge in [0.15, 0.2) is 0 Å². The Kier molecular flexibility index (Phi) is 3.61. The Labute approximate surface area is 118 Å². The molecule has 5 nitrogen and oxygen atoms in total. The van der Waals surface area contributed by atoms with Crippen LogP contribution in [0.1, 0.15) is 30.5 Å². The lowest BCUT2D eigenvalue weighted by molar-refractivity contribution is -0.127. The minimum atomic E-state index is 0.0332. The van der Waals surface area contributed by atoms with E-state index in [9.17, 15) is 9.59 Å². The normalized spacial score (nSPS) is 22.1. The summed E-state index contributed by atoms with van der Waals surface area (Å²) < 4.78 is 1.84. The molecule has 20 heavy (non-hydrogen) atoms. The van der Waals surface area contributed by atoms with Crippen LogP contribution >= 0.6 is 0 Å². The molecule has 5 heteroatoms. The van der Waals surface area contributed by atoms with Crippen LogP contribution in [0.25, 0.3) is 0 Å². The van der Waals surface area contributed by atoms with Crippen LogP contribution in [0.5, 0.6) is 0 Å². The lowest BCUT2D eigenvalue weighted by atomic mass is 9.92. The van der Waals surface area contributed by atoms with Gasteiger partial charge in [0.25, 0.3) is 5.56 Å². The van der Waals surface area contributed by atoms with Crippen molar-refractivity contribution in [2.24, 2.45) is 5.73 Å². The third-order valence-corrected chi connectivity index (χ3v) is 4.39. The van der Waals surface area contributed by atoms with Gasteiger partial charge in [0.1, 0.15) is 0 Å². The number of nitrogens with two attached hydrogens (primary N) is 1. The first-order chi connectivity index (χ1) is 9.65. The molecule has 1 atom stereocenters. The van der Waals surface area contributed by atoms with Crippen LogP contribution in [0.4, 0.5) is 0 Å². The molecule has 0 aromatic carbocycles. The lowest BCUT2D eigenvalue weighted by Crippen LogP contribution is -2.36. The highest BCUT2D eigenvalue weighted by atomic mass is 16.2. The first-order valence-corrected chi connectivity index (χ1v) is 7.40. The monoisotopic (exact) mass is 275 g/mol. The predicted octanol–water partition coefficient (Wildman–Crippen LogP) is 0.287. The summed E-state index contributed by atoms with van der Waals surface area (Å²) in [4.78, 5) is 25.6. The summed E-state index contributed by atoms with van der Waals surface area (Å²) in [5, 5.41) is 0. The van der Waals surface area contributed by atoms with Crippen molar-refractivity contribution in [3.8, 4) is 0 Å². The molecule has 0 bridgehead atoms. The Balaban J connectivity index is 1.80. The molecule has 3 rings (SSSR count). The number of carbonyl (C=O) groups is 1. The van der Waals surface area contributed by atoms with Gasteiger partial charge in [-0.1, -0.05) is 6.07 Å². The molecule has 1 aromatic rings. The molecule has 108 valence electrons. The van der Waals surface area contributed by atoms with Crippen LogP contribution in [-0.2, 0) is 24.2 Å². The molecule has 0 saturated carbocycles. The van der Waals surface area contributed by atoms with E-state index in [1.165, 1.54) is 5.56 Å². The maximum absolute atomic E-state index is 12.1. The van der Waals surface area contributed by atoms with Gasteiger partial charge in [-0.2, -0.15) is 0 Å². The van der Waals surface area contributed by atoms with Gasteiger partial charge in [-0.3, -0.25) is 9.59 Å². The third kappa shape index (κ3) is 2.50. The Hall–Kier alpha value is -1.62. The number of fused-ring (bicyclic) bond motifs is 1. The van der Waals surface area contributed by atoms with E-state index in [-0.39, 0.29) is 17.5 Å². The second kappa shape index (κ2) is 5.40. The summed E-state index contributed by atoms with van der Waals surface area (Å²) in [5.74, 6) is 0.213. The first kappa shape index (κ1) is 13.4. The van der Waals surface area contributed by atoms with E-state index in [1.54, 1.807) is 6.07 Å². The molecule has 2 aliphatic rings. The average Bonchev–Trinajstić information content (AvgIpc) is 2.83. The number of amides is 1. The molecule has 1 amide bonds. The van der Waals surface area contributed by atoms with E-state index < -0.39 is 0 Å². The molecule has 1 saturated heterocycles. The van der Waals surface area contributed by atoms with Crippen LogP contribution in [-0.4, -0.2) is 34.5 Å². The van der Waals surface area contributed by atoms with Gasteiger partial charge < -0.3 is 15.2 Å². The molecule has 0 unspecified atom stereocenters. The molecule has 0 spiro atoms. The van der Waals surface area contributed by atoms with E-state index in [1.807, 2.05) is 15.5 Å². The van der Waals surface area contributed by atoms with Crippen molar-refractivity contribution in [3.05, 3.63) is 33.7 Å². The highest BCUT2D eigenvalue weighted by Gasteiger charge is 2.22. The van der Waals surface area contributed by atoms with E-state index >= 15 is 0 Å². The van der Waals surface area contributed by atoms with Crippen LogP contribution in [0.3, 0.4) is 0 Å². The van der Waals surface area contributed by atoms with Gasteiger partial charge in [0.2, 0.25) is 5.91 Å². The zero-order chi connectivity index (χ0) is 14.1. The van der Waals surface area contributed by atoms with Gasteiger partial charge in [-0.25, -0.2) is 0 Å². The minimum absolute atomic E-state index is 0.0332. The molecular weight excluding hydrogens is 254 g/mol. The Morgan fingerprint density at radius 3 is 2.80 bits per heavy atom. The fourth-order valence-corrected chi connectivity index (χ4v) is 3.26. The molecular formula is C15H21N3O2. The number of hydrogen-bond acceptors (Lipinski definition) is 3. The predicted molar refractivity (Wildman–Crippen MR) is 76.5 cm³/mol. The van der Waals surface area contributed by atoms with E-state index in [0.29, 0.717) is 19.5 Å². The topological polar surface area (TPSA) is 68.3 Å². The third-order valence-electron chi connectivity index (χ3n) is 4.39. The van der Waals surface area contributed by atoms with Crippen molar-refractivity contribution < 1.29 is 4.79 Å². The van der Waals surface area contributed by atoms with Crippen LogP contribution in [0.2, 0.25) is 0 Å². The standard InChI is InChI=1S/C15H21N3O2/c16-12-4-5-13-11(10-12)3-6-15(20)18(13)9-8-17-7-1-2-14(17)19/h3,6,12H,1-2,4-5,7-10,16H2/t12-/m0/s1. The summed E-state index contributed by atoms with van der Waals surface area (Å²) in [6, 6.07) is 3.74. The zero-order valence-corrected chi connectivity index (χ0v) is 11.7. The SMILES string of the molecule is N[C@H]1CCc2c(ccc(=O)n2CCN2CCCC2=O)C1. The van der Waals surface area contributed by atoms with Gasteiger partial charge in [-0.15, -0.1) is 0 Å². The molecule has 0 radical (unpaired) electrons. The molecule has 2 heterocycles. The number of rotatable bonds is 3. The highest BCUT2D eigenvalue weighted by molar-refractivity contribution is 5.77. The summed E-state index contributed by atoms with van der Waals surface area (Å²) in [5.41, 5.74) is 8.33. The fraction of sp³-hybridized carbons (Fsp3) is 0.600. The summed E-state index contributed by atoms with van der Waals surface area (Å²) >= 11 is 0. The Bertz CT molecular complexity index is 579. The van der Waals surface area contributed by atoms with Crippen molar-refractivity contribution in [2.75, 3.05) is 13.1 Å². The van der Waals surface area contributed by atoms with Crippen LogP contribution in [0, 0.1) is 0 Å². The second-order valence-corrected chi connectivity index (χ2v) is 5.78. The second-order valence-electron chi connectivity index (χ2n) is 5.78. The Morgan fingerprint density at radius 2 is 2.05 bits per heavy atom. The van der Waals surface area contributed by atoms with Crippen molar-refractivity contribution in [3.63, 3.8) is 0 Å². The highest BCUT2D eigenvalue weighted by Crippen LogP contribution is 2.19. The van der Waals surface area contributed by atoms with E-state index in [0.717, 1.165) is 37.9 Å². The van der Waals surface area contributed by atoms with Crippen molar-refractivity contribution >= 4 is 5.91 Å². The summed E-state index contributed by atoms with van der Waals surface area (Å²) in [6.07, 6.45) is 4.23. The van der Waals surface area contributed by atoms with Crippen LogP contribution < -0.4 is 11.3 Å². The molecule has 1 aliphatic carbocycles. The van der Waals surface area contributed by atoms with Crippen molar-refractivity contribution in [2.45, 2.75) is 44.7 Å². The van der Waals surface area contributed by atoms with Crippen molar-refractivity contribution in [1.29, 1.82) is 0 Å². The van der Waals surface area contributed by atoms with E-state index in [4.69, 9.17) is 5.73 Å². The Morgan fingerprint density at radius 1 is 1.20 bits per heavy atom. The maximum Gasteiger partial charge on any atom is 0.250 e. The number of likely N-dealkylation sites (tertiary alicyclic amines) is 1. The number of aromatic nitrogens is 1. The minimum Gasteiger partial charge on any atom is -0.341 e. The van der Waals surface area contributed by atoms with E-state index in [2.05, 4.69) is 0 Å². The number of hydrogen-bond donors (Lipinski definition) is 1. The van der Waals surface area contributed by atoms with Crippen LogP contribution in [0.15, 0.2) is 16.9 Å². The smallest absolute Gasteiger partial charge is 0.250 e. The quantitative estimate of drug-likeness (QED) is 0.862. The van der Waals surface area contributed by atoms with Gasteiger partial charge >= 0.3 is 0 Å². The lowest BCUT2D eigenvalue weighted by Gasteiger charge is -2.25. The largest absolute Gasteiger partial charge is 0.341 e. The molecule has 1 fully saturated rings. The van der Waals surface area contributed by atoms with Gasteiger partial charge in [0.05, 0.1) is 0 Å².